The molecule has 0 radical (unpaired) electrons. The van der Waals surface area contributed by atoms with Crippen molar-refractivity contribution in [2.45, 2.75) is 122 Å². The topological polar surface area (TPSA) is 55.8 Å². The zero-order chi connectivity index (χ0) is 22.6. The smallest absolute Gasteiger partial charge is 0.306 e. The molecule has 1 N–H and O–H groups in total. The van der Waals surface area contributed by atoms with Crippen molar-refractivity contribution < 1.29 is 19.1 Å². The van der Waals surface area contributed by atoms with Crippen molar-refractivity contribution in [1.29, 1.82) is 0 Å². The molecule has 0 bridgehead atoms. The van der Waals surface area contributed by atoms with E-state index in [1.165, 1.54) is 0 Å². The number of esters is 1. The van der Waals surface area contributed by atoms with Gasteiger partial charge in [-0.3, -0.25) is 4.79 Å². The summed E-state index contributed by atoms with van der Waals surface area (Å²) in [6.07, 6.45) is 19.1. The van der Waals surface area contributed by atoms with Crippen LogP contribution in [0.3, 0.4) is 0 Å². The van der Waals surface area contributed by atoms with E-state index in [0.29, 0.717) is 19.3 Å². The molecular weight excluding hydrogens is 392 g/mol. The monoisotopic (exact) mass is 436 g/mol. The second kappa shape index (κ2) is 13.3. The summed E-state index contributed by atoms with van der Waals surface area (Å²) in [5.74, 6) is 2.55. The molecule has 0 aromatic heterocycles. The summed E-state index contributed by atoms with van der Waals surface area (Å²) in [6, 6.07) is 0. The van der Waals surface area contributed by atoms with Crippen LogP contribution in [0.25, 0.3) is 0 Å². The highest BCUT2D eigenvalue weighted by molar-refractivity contribution is 6.69. The Balaban J connectivity index is 2.73. The van der Waals surface area contributed by atoms with E-state index >= 15 is 0 Å². The van der Waals surface area contributed by atoms with Gasteiger partial charge in [-0.25, -0.2) is 0 Å². The lowest BCUT2D eigenvalue weighted by Crippen LogP contribution is -2.34. The van der Waals surface area contributed by atoms with Gasteiger partial charge in [0.25, 0.3) is 0 Å². The summed E-state index contributed by atoms with van der Waals surface area (Å²) in [5.41, 5.74) is -1.22. The van der Waals surface area contributed by atoms with Crippen LogP contribution in [-0.2, 0) is 14.0 Å². The first-order valence-corrected chi connectivity index (χ1v) is 15.3. The maximum Gasteiger partial charge on any atom is 0.306 e. The minimum absolute atomic E-state index is 0.00322. The van der Waals surface area contributed by atoms with E-state index in [-0.39, 0.29) is 24.1 Å². The average molecular weight is 437 g/mol. The predicted molar refractivity (Wildman–Crippen MR) is 127 cm³/mol. The van der Waals surface area contributed by atoms with Gasteiger partial charge < -0.3 is 14.3 Å². The highest BCUT2D eigenvalue weighted by Crippen LogP contribution is 2.35. The van der Waals surface area contributed by atoms with Gasteiger partial charge in [0, 0.05) is 18.8 Å². The first kappa shape index (κ1) is 26.9. The fourth-order valence-corrected chi connectivity index (χ4v) is 5.12. The Morgan fingerprint density at radius 1 is 1.13 bits per heavy atom. The van der Waals surface area contributed by atoms with Crippen LogP contribution in [0.15, 0.2) is 12.2 Å². The van der Waals surface area contributed by atoms with E-state index < -0.39 is 13.9 Å². The molecule has 172 valence electrons. The highest BCUT2D eigenvalue weighted by atomic mass is 28.4. The van der Waals surface area contributed by atoms with Gasteiger partial charge in [-0.2, -0.15) is 0 Å². The van der Waals surface area contributed by atoms with Gasteiger partial charge >= 0.3 is 5.97 Å². The van der Waals surface area contributed by atoms with Crippen LogP contribution in [0.2, 0.25) is 19.6 Å². The number of unbranched alkanes of at least 4 members (excludes halogenated alkanes) is 5. The second-order valence-corrected chi connectivity index (χ2v) is 14.2. The summed E-state index contributed by atoms with van der Waals surface area (Å²) >= 11 is 0. The quantitative estimate of drug-likeness (QED) is 0.119. The normalized spacial score (nSPS) is 24.0. The molecule has 0 amide bonds. The number of hydrogen-bond donors (Lipinski definition) is 1. The molecule has 5 heteroatoms. The third kappa shape index (κ3) is 10.8. The Labute approximate surface area is 185 Å². The molecule has 1 aliphatic carbocycles. The Kier molecular flexibility index (Phi) is 12.0. The number of carbonyl (C=O) groups excluding carboxylic acids is 1. The fraction of sp³-hybridized carbons (Fsp3) is 0.800. The molecule has 1 aliphatic rings. The van der Waals surface area contributed by atoms with Crippen molar-refractivity contribution in [3.63, 3.8) is 0 Å². The molecule has 3 unspecified atom stereocenters. The number of carbonyl (C=O) groups is 1. The number of terminal acetylenes is 1. The molecule has 1 rings (SSSR count). The fourth-order valence-electron chi connectivity index (χ4n) is 3.95. The van der Waals surface area contributed by atoms with Gasteiger partial charge in [0.1, 0.15) is 11.7 Å². The van der Waals surface area contributed by atoms with Crippen LogP contribution in [0.4, 0.5) is 0 Å². The molecule has 0 aromatic rings. The number of ether oxygens (including phenoxy) is 1. The van der Waals surface area contributed by atoms with Crippen molar-refractivity contribution >= 4 is 14.3 Å². The molecule has 4 nitrogen and oxygen atoms in total. The van der Waals surface area contributed by atoms with E-state index in [1.54, 1.807) is 6.08 Å². The summed E-state index contributed by atoms with van der Waals surface area (Å²) in [7, 11) is -1.75. The van der Waals surface area contributed by atoms with Crippen molar-refractivity contribution in [1.82, 2.24) is 0 Å². The van der Waals surface area contributed by atoms with Crippen LogP contribution < -0.4 is 0 Å². The molecule has 0 spiro atoms. The first-order chi connectivity index (χ1) is 14.1. The lowest BCUT2D eigenvalue weighted by molar-refractivity contribution is -0.149. The zero-order valence-electron chi connectivity index (χ0n) is 19.9. The van der Waals surface area contributed by atoms with E-state index in [4.69, 9.17) is 15.6 Å². The van der Waals surface area contributed by atoms with Crippen LogP contribution in [0.1, 0.15) is 84.5 Å². The van der Waals surface area contributed by atoms with Crippen molar-refractivity contribution in [2.75, 3.05) is 0 Å². The van der Waals surface area contributed by atoms with E-state index in [2.05, 4.69) is 39.4 Å². The van der Waals surface area contributed by atoms with E-state index in [9.17, 15) is 9.90 Å². The molecule has 0 heterocycles. The SMILES string of the molecule is C#C[C@@](O)(C=CC1CC(OC(=O)CCCCCC)CC1O[Si](C)(C)C)CCCCC. The van der Waals surface area contributed by atoms with Crippen LogP contribution in [0.5, 0.6) is 0 Å². The lowest BCUT2D eigenvalue weighted by Gasteiger charge is -2.27. The molecule has 30 heavy (non-hydrogen) atoms. The summed E-state index contributed by atoms with van der Waals surface area (Å²) in [6.45, 7) is 10.8. The van der Waals surface area contributed by atoms with Gasteiger partial charge in [-0.15, -0.1) is 6.42 Å². The minimum atomic E-state index is -1.75. The Morgan fingerprint density at radius 2 is 1.80 bits per heavy atom. The predicted octanol–water partition coefficient (Wildman–Crippen LogP) is 6.00. The number of rotatable bonds is 14. The van der Waals surface area contributed by atoms with Gasteiger partial charge in [-0.05, 0) is 51.4 Å². The third-order valence-corrected chi connectivity index (χ3v) is 6.59. The Bertz CT molecular complexity index is 575. The minimum Gasteiger partial charge on any atom is -0.462 e. The van der Waals surface area contributed by atoms with Crippen molar-refractivity contribution in [2.24, 2.45) is 5.92 Å². The second-order valence-electron chi connectivity index (χ2n) is 9.71. The molecular formula is C25H44O4Si. The Morgan fingerprint density at radius 3 is 2.40 bits per heavy atom. The summed E-state index contributed by atoms with van der Waals surface area (Å²) in [5, 5.41) is 10.7. The maximum absolute atomic E-state index is 12.2. The van der Waals surface area contributed by atoms with Gasteiger partial charge in [0.15, 0.2) is 8.32 Å². The van der Waals surface area contributed by atoms with Crippen molar-refractivity contribution in [3.8, 4) is 12.3 Å². The van der Waals surface area contributed by atoms with Crippen LogP contribution >= 0.6 is 0 Å². The molecule has 1 saturated carbocycles. The summed E-state index contributed by atoms with van der Waals surface area (Å²) in [4.78, 5) is 12.2. The number of aliphatic hydroxyl groups is 1. The van der Waals surface area contributed by atoms with E-state index in [0.717, 1.165) is 51.4 Å². The molecule has 0 aromatic carbocycles. The summed E-state index contributed by atoms with van der Waals surface area (Å²) < 4.78 is 12.2. The van der Waals surface area contributed by atoms with Crippen molar-refractivity contribution in [3.05, 3.63) is 12.2 Å². The van der Waals surface area contributed by atoms with Gasteiger partial charge in [0.05, 0.1) is 6.10 Å². The first-order valence-electron chi connectivity index (χ1n) is 11.9. The molecule has 1 fully saturated rings. The van der Waals surface area contributed by atoms with E-state index in [1.807, 2.05) is 6.08 Å². The maximum atomic E-state index is 12.2. The largest absolute Gasteiger partial charge is 0.462 e. The molecule has 4 atom stereocenters. The standard InChI is InChI=1S/C25H44O4Si/c1-7-10-12-13-15-24(26)28-22-19-21(23(20-22)29-30(4,5)6)16-18-25(27,9-3)17-14-11-8-2/h3,16,18,21-23,27H,7-8,10-15,17,19-20H2,1-2,4-6H3/t21?,22?,23?,25-/m0/s1. The van der Waals surface area contributed by atoms with Crippen LogP contribution in [0, 0.1) is 18.3 Å². The average Bonchev–Trinajstić information content (AvgIpc) is 3.03. The zero-order valence-corrected chi connectivity index (χ0v) is 20.9. The Hall–Kier alpha value is -1.09. The lowest BCUT2D eigenvalue weighted by atomic mass is 9.94. The van der Waals surface area contributed by atoms with Gasteiger partial charge in [0.2, 0.25) is 0 Å². The van der Waals surface area contributed by atoms with Crippen LogP contribution in [-0.4, -0.2) is 37.2 Å². The number of hydrogen-bond acceptors (Lipinski definition) is 4. The molecule has 0 saturated heterocycles. The third-order valence-electron chi connectivity index (χ3n) is 5.58. The highest BCUT2D eigenvalue weighted by Gasteiger charge is 2.38. The molecule has 0 aliphatic heterocycles. The van der Waals surface area contributed by atoms with Gasteiger partial charge in [-0.1, -0.05) is 57.9 Å².